The fourth-order valence-corrected chi connectivity index (χ4v) is 3.18. The smallest absolute Gasteiger partial charge is 0.254 e. The molecule has 0 unspecified atom stereocenters. The van der Waals surface area contributed by atoms with Gasteiger partial charge in [-0.25, -0.2) is 17.9 Å². The van der Waals surface area contributed by atoms with Crippen molar-refractivity contribution < 1.29 is 17.6 Å². The number of carbonyl (C=O) groups is 1. The van der Waals surface area contributed by atoms with Gasteiger partial charge in [0.1, 0.15) is 5.82 Å². The summed E-state index contributed by atoms with van der Waals surface area (Å²) >= 11 is 0. The molecule has 0 radical (unpaired) electrons. The van der Waals surface area contributed by atoms with Crippen LogP contribution in [0.4, 0.5) is 4.39 Å². The van der Waals surface area contributed by atoms with E-state index in [9.17, 15) is 17.6 Å². The monoisotopic (exact) mass is 314 g/mol. The molecule has 1 aromatic carbocycles. The Balaban J connectivity index is 2.01. The maximum Gasteiger partial charge on any atom is 0.254 e. The zero-order valence-electron chi connectivity index (χ0n) is 11.6. The quantitative estimate of drug-likeness (QED) is 0.868. The van der Waals surface area contributed by atoms with Gasteiger partial charge in [0.15, 0.2) is 0 Å². The Hall–Kier alpha value is -1.47. The molecule has 0 spiro atoms. The highest BCUT2D eigenvalue weighted by molar-refractivity contribution is 7.89. The minimum absolute atomic E-state index is 0.273. The molecule has 21 heavy (non-hydrogen) atoms. The second-order valence-corrected chi connectivity index (χ2v) is 6.94. The van der Waals surface area contributed by atoms with Gasteiger partial charge in [0.05, 0.1) is 10.5 Å². The number of carbonyl (C=O) groups excluding carboxylic acids is 1. The van der Waals surface area contributed by atoms with Gasteiger partial charge in [0, 0.05) is 6.54 Å². The van der Waals surface area contributed by atoms with E-state index in [1.165, 1.54) is 25.7 Å². The van der Waals surface area contributed by atoms with Crippen LogP contribution in [0.3, 0.4) is 0 Å². The highest BCUT2D eigenvalue weighted by Crippen LogP contribution is 2.26. The van der Waals surface area contributed by atoms with Crippen molar-refractivity contribution in [2.75, 3.05) is 6.54 Å². The van der Waals surface area contributed by atoms with Crippen molar-refractivity contribution in [3.05, 3.63) is 29.6 Å². The molecule has 0 heterocycles. The molecule has 1 fully saturated rings. The normalized spacial score (nSPS) is 16.1. The number of primary sulfonamides is 1. The van der Waals surface area contributed by atoms with Gasteiger partial charge in [-0.3, -0.25) is 4.79 Å². The molecule has 3 N–H and O–H groups in total. The average Bonchev–Trinajstić information content (AvgIpc) is 2.91. The summed E-state index contributed by atoms with van der Waals surface area (Å²) in [6, 6.07) is 2.95. The third-order valence-electron chi connectivity index (χ3n) is 3.82. The SMILES string of the molecule is NS(=O)(=O)c1ccc(F)c(C(=O)NCCC2CCCC2)c1. The lowest BCUT2D eigenvalue weighted by Gasteiger charge is -2.10. The first kappa shape index (κ1) is 15.9. The third kappa shape index (κ3) is 4.25. The summed E-state index contributed by atoms with van der Waals surface area (Å²) in [6.45, 7) is 0.461. The van der Waals surface area contributed by atoms with Crippen molar-refractivity contribution in [2.24, 2.45) is 11.1 Å². The molecule has 0 bridgehead atoms. The highest BCUT2D eigenvalue weighted by atomic mass is 32.2. The Kier molecular flexibility index (Phi) is 4.95. The van der Waals surface area contributed by atoms with Gasteiger partial charge in [-0.1, -0.05) is 25.7 Å². The van der Waals surface area contributed by atoms with E-state index >= 15 is 0 Å². The summed E-state index contributed by atoms with van der Waals surface area (Å²) in [6.07, 6.45) is 5.66. The van der Waals surface area contributed by atoms with Gasteiger partial charge in [-0.15, -0.1) is 0 Å². The standard InChI is InChI=1S/C14H19FN2O3S/c15-13-6-5-11(21(16,19)20)9-12(13)14(18)17-8-7-10-3-1-2-4-10/h5-6,9-10H,1-4,7-8H2,(H,17,18)(H2,16,19,20). The zero-order valence-corrected chi connectivity index (χ0v) is 12.5. The predicted molar refractivity (Wildman–Crippen MR) is 76.7 cm³/mol. The van der Waals surface area contributed by atoms with Crippen LogP contribution < -0.4 is 10.5 Å². The van der Waals surface area contributed by atoms with Gasteiger partial charge in [0.2, 0.25) is 10.0 Å². The van der Waals surface area contributed by atoms with Gasteiger partial charge in [-0.2, -0.15) is 0 Å². The van der Waals surface area contributed by atoms with Crippen LogP contribution >= 0.6 is 0 Å². The molecule has 0 aliphatic heterocycles. The predicted octanol–water partition coefficient (Wildman–Crippen LogP) is 1.78. The topological polar surface area (TPSA) is 89.3 Å². The summed E-state index contributed by atoms with van der Waals surface area (Å²) in [5.74, 6) is -0.761. The van der Waals surface area contributed by atoms with Crippen LogP contribution in [0.25, 0.3) is 0 Å². The lowest BCUT2D eigenvalue weighted by molar-refractivity contribution is 0.0947. The fraction of sp³-hybridized carbons (Fsp3) is 0.500. The van der Waals surface area contributed by atoms with Gasteiger partial charge < -0.3 is 5.32 Å². The van der Waals surface area contributed by atoms with E-state index < -0.39 is 21.7 Å². The van der Waals surface area contributed by atoms with E-state index in [4.69, 9.17) is 5.14 Å². The Morgan fingerprint density at radius 2 is 2.00 bits per heavy atom. The molecular weight excluding hydrogens is 295 g/mol. The number of amides is 1. The first-order valence-corrected chi connectivity index (χ1v) is 8.53. The Labute approximate surface area is 123 Å². The van der Waals surface area contributed by atoms with Crippen molar-refractivity contribution in [3.63, 3.8) is 0 Å². The number of halogens is 1. The first-order valence-electron chi connectivity index (χ1n) is 6.98. The molecule has 5 nitrogen and oxygen atoms in total. The van der Waals surface area contributed by atoms with Crippen LogP contribution in [0.15, 0.2) is 23.1 Å². The zero-order chi connectivity index (χ0) is 15.5. The average molecular weight is 314 g/mol. The number of nitrogens with one attached hydrogen (secondary N) is 1. The molecule has 116 valence electrons. The number of hydrogen-bond acceptors (Lipinski definition) is 3. The Bertz CT molecular complexity index is 625. The summed E-state index contributed by atoms with van der Waals surface area (Å²) in [5, 5.41) is 7.61. The lowest BCUT2D eigenvalue weighted by atomic mass is 10.0. The van der Waals surface area contributed by atoms with Crippen LogP contribution in [0.1, 0.15) is 42.5 Å². The highest BCUT2D eigenvalue weighted by Gasteiger charge is 2.18. The van der Waals surface area contributed by atoms with Crippen molar-refractivity contribution in [1.82, 2.24) is 5.32 Å². The third-order valence-corrected chi connectivity index (χ3v) is 4.73. The van der Waals surface area contributed by atoms with Crippen LogP contribution in [-0.2, 0) is 10.0 Å². The summed E-state index contributed by atoms with van der Waals surface area (Å²) in [4.78, 5) is 11.7. The molecule has 1 aliphatic rings. The van der Waals surface area contributed by atoms with E-state index in [1.54, 1.807) is 0 Å². The number of rotatable bonds is 5. The van der Waals surface area contributed by atoms with Crippen LogP contribution in [0, 0.1) is 11.7 Å². The van der Waals surface area contributed by atoms with Crippen molar-refractivity contribution >= 4 is 15.9 Å². The minimum Gasteiger partial charge on any atom is -0.352 e. The number of hydrogen-bond donors (Lipinski definition) is 2. The molecule has 1 amide bonds. The minimum atomic E-state index is -3.96. The molecule has 0 atom stereocenters. The maximum atomic E-state index is 13.6. The van der Waals surface area contributed by atoms with Crippen LogP contribution in [-0.4, -0.2) is 20.9 Å². The number of nitrogens with two attached hydrogens (primary N) is 1. The van der Waals surface area contributed by atoms with E-state index in [2.05, 4.69) is 5.32 Å². The molecule has 1 aromatic rings. The summed E-state index contributed by atoms with van der Waals surface area (Å²) in [5.41, 5.74) is -0.298. The fourth-order valence-electron chi connectivity index (χ4n) is 2.64. The van der Waals surface area contributed by atoms with E-state index in [0.717, 1.165) is 24.6 Å². The molecule has 1 aliphatic carbocycles. The maximum absolute atomic E-state index is 13.6. The molecule has 2 rings (SSSR count). The first-order chi connectivity index (χ1) is 9.88. The summed E-state index contributed by atoms with van der Waals surface area (Å²) in [7, 11) is -3.96. The van der Waals surface area contributed by atoms with Gasteiger partial charge >= 0.3 is 0 Å². The second-order valence-electron chi connectivity index (χ2n) is 5.38. The lowest BCUT2D eigenvalue weighted by Crippen LogP contribution is -2.27. The molecule has 1 saturated carbocycles. The van der Waals surface area contributed by atoms with E-state index in [0.29, 0.717) is 12.5 Å². The number of sulfonamides is 1. The molecule has 0 aromatic heterocycles. The summed E-state index contributed by atoms with van der Waals surface area (Å²) < 4.78 is 36.1. The molecular formula is C14H19FN2O3S. The van der Waals surface area contributed by atoms with Gasteiger partial charge in [-0.05, 0) is 30.5 Å². The van der Waals surface area contributed by atoms with Gasteiger partial charge in [0.25, 0.3) is 5.91 Å². The number of benzene rings is 1. The van der Waals surface area contributed by atoms with E-state index in [1.807, 2.05) is 0 Å². The molecule has 7 heteroatoms. The van der Waals surface area contributed by atoms with Crippen LogP contribution in [0.2, 0.25) is 0 Å². The van der Waals surface area contributed by atoms with E-state index in [-0.39, 0.29) is 10.5 Å². The largest absolute Gasteiger partial charge is 0.352 e. The molecule has 0 saturated heterocycles. The van der Waals surface area contributed by atoms with Crippen LogP contribution in [0.5, 0.6) is 0 Å². The Morgan fingerprint density at radius 3 is 2.62 bits per heavy atom. The van der Waals surface area contributed by atoms with Crippen molar-refractivity contribution in [3.8, 4) is 0 Å². The van der Waals surface area contributed by atoms with Crippen molar-refractivity contribution in [2.45, 2.75) is 37.0 Å². The van der Waals surface area contributed by atoms with Crippen molar-refractivity contribution in [1.29, 1.82) is 0 Å². The second kappa shape index (κ2) is 6.53. The Morgan fingerprint density at radius 1 is 1.33 bits per heavy atom.